The standard InChI is InChI=1S/C59H52F2N10O3/c1-34-46-23-21-44-51(42-10-6-8-12-49(42)61)67-71(55(44)58(46,2)30-37(32-62)52(34)72)57-65-64-56(68(57)4)36-15-13-35(14-16-36)29-45-47-24-22-43-50(41-9-5-7-11-48(41)60)66-70(54(43)59(47,3)31-38(33-63)53(45)73)40-19-17-39(18-20-40)69-25-27-74-28-26-69/h5-20,30-31,34,45-47H,21-29H2,1-4H3/t34-,45-,46-,47-,58-,59-/m1/s1. The molecule has 4 heterocycles. The number of anilines is 1. The molecule has 1 saturated heterocycles. The summed E-state index contributed by atoms with van der Waals surface area (Å²) in [6.07, 6.45) is 6.36. The largest absolute Gasteiger partial charge is 0.378 e. The molecule has 15 heteroatoms. The van der Waals surface area contributed by atoms with Crippen molar-refractivity contribution in [1.29, 1.82) is 10.5 Å². The summed E-state index contributed by atoms with van der Waals surface area (Å²) in [5, 5.41) is 40.3. The Morgan fingerprint density at radius 3 is 1.84 bits per heavy atom. The second kappa shape index (κ2) is 17.8. The molecule has 1 fully saturated rings. The highest BCUT2D eigenvalue weighted by Gasteiger charge is 2.53. The van der Waals surface area contributed by atoms with Crippen LogP contribution in [0.25, 0.3) is 45.5 Å². The van der Waals surface area contributed by atoms with Crippen LogP contribution in [0.1, 0.15) is 61.7 Å². The lowest BCUT2D eigenvalue weighted by Crippen LogP contribution is -2.48. The quantitative estimate of drug-likeness (QED) is 0.144. The summed E-state index contributed by atoms with van der Waals surface area (Å²) in [5.74, 6) is -1.54. The number of benzene rings is 4. The number of hydrogen-bond acceptors (Lipinski definition) is 10. The number of ether oxygens (including phenoxy) is 1. The number of carbonyl (C=O) groups excluding carboxylic acids is 2. The van der Waals surface area contributed by atoms with Crippen molar-refractivity contribution in [3.63, 3.8) is 0 Å². The van der Waals surface area contributed by atoms with Gasteiger partial charge in [-0.3, -0.25) is 14.2 Å². The fourth-order valence-electron chi connectivity index (χ4n) is 13.2. The zero-order valence-electron chi connectivity index (χ0n) is 41.5. The van der Waals surface area contributed by atoms with E-state index >= 15 is 8.78 Å². The third-order valence-corrected chi connectivity index (χ3v) is 16.9. The molecule has 74 heavy (non-hydrogen) atoms. The first-order valence-corrected chi connectivity index (χ1v) is 25.3. The predicted molar refractivity (Wildman–Crippen MR) is 273 cm³/mol. The number of rotatable bonds is 8. The van der Waals surface area contributed by atoms with Gasteiger partial charge in [0.05, 0.1) is 52.8 Å². The van der Waals surface area contributed by atoms with E-state index in [0.29, 0.717) is 79.6 Å². The molecule has 0 radical (unpaired) electrons. The van der Waals surface area contributed by atoms with Crippen molar-refractivity contribution >= 4 is 17.3 Å². The third kappa shape index (κ3) is 7.23. The lowest BCUT2D eigenvalue weighted by Gasteiger charge is -2.46. The Bertz CT molecular complexity index is 3610. The Morgan fingerprint density at radius 1 is 0.689 bits per heavy atom. The summed E-state index contributed by atoms with van der Waals surface area (Å²) in [6, 6.07) is 33.7. The van der Waals surface area contributed by atoms with Crippen molar-refractivity contribution in [3.05, 3.63) is 160 Å². The zero-order valence-corrected chi connectivity index (χ0v) is 41.5. The molecule has 3 aromatic heterocycles. The number of fused-ring (bicyclic) bond motifs is 6. The van der Waals surface area contributed by atoms with Crippen molar-refractivity contribution < 1.29 is 23.1 Å². The van der Waals surface area contributed by atoms with E-state index in [2.05, 4.69) is 46.3 Å². The summed E-state index contributed by atoms with van der Waals surface area (Å²) in [4.78, 5) is 30.1. The van der Waals surface area contributed by atoms with Crippen molar-refractivity contribution in [3.8, 4) is 57.7 Å². The van der Waals surface area contributed by atoms with Gasteiger partial charge in [-0.1, -0.05) is 81.5 Å². The van der Waals surface area contributed by atoms with E-state index in [9.17, 15) is 20.1 Å². The predicted octanol–water partition coefficient (Wildman–Crippen LogP) is 9.50. The van der Waals surface area contributed by atoms with E-state index < -0.39 is 28.5 Å². The average Bonchev–Trinajstić information content (AvgIpc) is 4.14. The molecule has 370 valence electrons. The van der Waals surface area contributed by atoms with Gasteiger partial charge in [0.15, 0.2) is 17.4 Å². The number of allylic oxidation sites excluding steroid dienone is 4. The number of carbonyl (C=O) groups is 2. The molecule has 4 aromatic carbocycles. The Balaban J connectivity index is 0.891. The van der Waals surface area contributed by atoms with Crippen LogP contribution < -0.4 is 4.90 Å². The maximum atomic E-state index is 15.7. The molecule has 0 bridgehead atoms. The molecule has 0 saturated carbocycles. The molecular weight excluding hydrogens is 935 g/mol. The van der Waals surface area contributed by atoms with Crippen LogP contribution in [0.2, 0.25) is 0 Å². The maximum absolute atomic E-state index is 15.7. The Kier molecular flexibility index (Phi) is 11.3. The molecule has 0 N–H and O–H groups in total. The van der Waals surface area contributed by atoms with Crippen molar-refractivity contribution in [2.75, 3.05) is 31.2 Å². The summed E-state index contributed by atoms with van der Waals surface area (Å²) in [7, 11) is 1.84. The third-order valence-electron chi connectivity index (χ3n) is 16.9. The van der Waals surface area contributed by atoms with Crippen LogP contribution in [0, 0.1) is 58.0 Å². The van der Waals surface area contributed by atoms with Gasteiger partial charge in [-0.15, -0.1) is 10.2 Å². The van der Waals surface area contributed by atoms with Gasteiger partial charge in [0, 0.05) is 76.3 Å². The van der Waals surface area contributed by atoms with Gasteiger partial charge in [-0.2, -0.15) is 20.7 Å². The SMILES string of the molecule is C[C@H]1C(=O)C(C#N)=C[C@@]2(C)c3c(c(-c4ccccc4F)nn3-c3nnc(-c4ccc(C[C@H]5C(=O)C(C#N)=C[C@@]6(C)c7c(c(-c8ccccc8F)nn7-c7ccc(N8CCOCC8)cc7)CC[C@H]56)cc4)n3C)CC[C@H]12. The minimum absolute atomic E-state index is 0.0977. The van der Waals surface area contributed by atoms with Crippen LogP contribution in [-0.2, 0) is 51.5 Å². The fraction of sp³-hybridized carbons (Fsp3) is 0.322. The van der Waals surface area contributed by atoms with Crippen LogP contribution in [-0.4, -0.2) is 72.2 Å². The summed E-state index contributed by atoms with van der Waals surface area (Å²) < 4.78 is 42.3. The zero-order chi connectivity index (χ0) is 51.2. The second-order valence-electron chi connectivity index (χ2n) is 20.9. The highest BCUT2D eigenvalue weighted by atomic mass is 19.1. The molecule has 0 unspecified atom stereocenters. The molecular formula is C59H52F2N10O3. The number of aromatic nitrogens is 7. The van der Waals surface area contributed by atoms with Crippen molar-refractivity contribution in [2.24, 2.45) is 30.7 Å². The Hall–Kier alpha value is -8.14. The molecule has 1 aliphatic heterocycles. The molecule has 13 nitrogen and oxygen atoms in total. The van der Waals surface area contributed by atoms with Crippen LogP contribution in [0.15, 0.2) is 120 Å². The summed E-state index contributed by atoms with van der Waals surface area (Å²) in [6.45, 7) is 8.90. The van der Waals surface area contributed by atoms with E-state index in [1.807, 2.05) is 78.7 Å². The number of halogens is 2. The maximum Gasteiger partial charge on any atom is 0.252 e. The van der Waals surface area contributed by atoms with Crippen LogP contribution in [0.4, 0.5) is 14.5 Å². The van der Waals surface area contributed by atoms with Gasteiger partial charge in [0.25, 0.3) is 5.95 Å². The number of ketones is 2. The van der Waals surface area contributed by atoms with Gasteiger partial charge >= 0.3 is 0 Å². The lowest BCUT2D eigenvalue weighted by atomic mass is 9.56. The topological polar surface area (TPSA) is 161 Å². The summed E-state index contributed by atoms with van der Waals surface area (Å²) in [5.41, 5.74) is 7.21. The molecule has 0 amide bonds. The van der Waals surface area contributed by atoms with Gasteiger partial charge in [0.1, 0.15) is 23.8 Å². The first-order valence-electron chi connectivity index (χ1n) is 25.3. The monoisotopic (exact) mass is 986 g/mol. The Morgan fingerprint density at radius 2 is 1.23 bits per heavy atom. The fourth-order valence-corrected chi connectivity index (χ4v) is 13.2. The number of nitrogens with zero attached hydrogens (tertiary/aromatic N) is 10. The molecule has 12 rings (SSSR count). The van der Waals surface area contributed by atoms with Gasteiger partial charge in [0.2, 0.25) is 0 Å². The summed E-state index contributed by atoms with van der Waals surface area (Å²) >= 11 is 0. The number of nitriles is 2. The first-order chi connectivity index (χ1) is 35.8. The molecule has 4 aliphatic carbocycles. The smallest absolute Gasteiger partial charge is 0.252 e. The highest BCUT2D eigenvalue weighted by molar-refractivity contribution is 6.03. The van der Waals surface area contributed by atoms with Gasteiger partial charge in [-0.05, 0) is 98.0 Å². The van der Waals surface area contributed by atoms with Crippen LogP contribution in [0.5, 0.6) is 0 Å². The van der Waals surface area contributed by atoms with E-state index in [-0.39, 0.29) is 40.4 Å². The van der Waals surface area contributed by atoms with Crippen LogP contribution >= 0.6 is 0 Å². The molecule has 6 atom stereocenters. The van der Waals surface area contributed by atoms with Crippen molar-refractivity contribution in [2.45, 2.75) is 63.7 Å². The van der Waals surface area contributed by atoms with Crippen LogP contribution in [0.3, 0.4) is 0 Å². The molecule has 5 aliphatic rings. The average molecular weight is 987 g/mol. The van der Waals surface area contributed by atoms with Crippen molar-refractivity contribution in [1.82, 2.24) is 34.3 Å². The minimum atomic E-state index is -0.822. The number of morpholine rings is 1. The highest BCUT2D eigenvalue weighted by Crippen LogP contribution is 2.54. The van der Waals surface area contributed by atoms with Gasteiger partial charge in [-0.25, -0.2) is 18.1 Å². The number of Topliss-reactive ketones (excluding diaryl/α,β-unsaturated/α-hetero) is 2. The van der Waals surface area contributed by atoms with E-state index in [0.717, 1.165) is 58.1 Å². The molecule has 0 spiro atoms. The number of hydrogen-bond donors (Lipinski definition) is 0. The normalized spacial score (nSPS) is 24.2. The Labute approximate surface area is 427 Å². The van der Waals surface area contributed by atoms with E-state index in [1.54, 1.807) is 41.1 Å². The second-order valence-corrected chi connectivity index (χ2v) is 20.9. The molecule has 7 aromatic rings. The minimum Gasteiger partial charge on any atom is -0.378 e. The first kappa shape index (κ1) is 46.9. The van der Waals surface area contributed by atoms with Gasteiger partial charge < -0.3 is 9.64 Å². The van der Waals surface area contributed by atoms with E-state index in [4.69, 9.17) is 14.9 Å². The lowest BCUT2D eigenvalue weighted by molar-refractivity contribution is -0.122. The van der Waals surface area contributed by atoms with E-state index in [1.165, 1.54) is 12.1 Å².